The maximum atomic E-state index is 11.4. The van der Waals surface area contributed by atoms with Gasteiger partial charge in [-0.1, -0.05) is 35.9 Å². The van der Waals surface area contributed by atoms with E-state index in [2.05, 4.69) is 17.4 Å². The average Bonchev–Trinajstić information content (AvgIpc) is 2.46. The summed E-state index contributed by atoms with van der Waals surface area (Å²) in [5.41, 5.74) is 14.3. The maximum absolute atomic E-state index is 11.4. The number of hydrogen-bond donors (Lipinski definition) is 3. The van der Waals surface area contributed by atoms with Gasteiger partial charge in [0.2, 0.25) is 0 Å². The molecule has 4 nitrogen and oxygen atoms in total. The van der Waals surface area contributed by atoms with Gasteiger partial charge in [0.1, 0.15) is 0 Å². The lowest BCUT2D eigenvalue weighted by Gasteiger charge is -2.11. The van der Waals surface area contributed by atoms with E-state index in [9.17, 15) is 4.79 Å². The van der Waals surface area contributed by atoms with Gasteiger partial charge in [-0.2, -0.15) is 0 Å². The molecule has 0 aromatic heterocycles. The van der Waals surface area contributed by atoms with Crippen molar-refractivity contribution in [1.82, 2.24) is 0 Å². The van der Waals surface area contributed by atoms with Gasteiger partial charge in [0.25, 0.3) is 5.91 Å². The highest BCUT2D eigenvalue weighted by atomic mass is 35.5. The molecule has 0 bridgehead atoms. The second kappa shape index (κ2) is 7.11. The van der Waals surface area contributed by atoms with E-state index in [1.165, 1.54) is 5.56 Å². The number of primary amides is 1. The van der Waals surface area contributed by atoms with Gasteiger partial charge in [-0.3, -0.25) is 4.79 Å². The van der Waals surface area contributed by atoms with Crippen LogP contribution in [0.15, 0.2) is 42.5 Å². The predicted molar refractivity (Wildman–Crippen MR) is 86.5 cm³/mol. The minimum Gasteiger partial charge on any atom is -0.380 e. The number of carbonyl (C=O) groups is 1. The summed E-state index contributed by atoms with van der Waals surface area (Å²) < 4.78 is 0. The number of amides is 1. The van der Waals surface area contributed by atoms with Gasteiger partial charge in [0.05, 0.1) is 5.56 Å². The zero-order valence-corrected chi connectivity index (χ0v) is 12.4. The van der Waals surface area contributed by atoms with Crippen LogP contribution in [0.25, 0.3) is 0 Å². The summed E-state index contributed by atoms with van der Waals surface area (Å²) >= 11 is 5.95. The molecule has 5 N–H and O–H groups in total. The van der Waals surface area contributed by atoms with Crippen LogP contribution in [0.5, 0.6) is 0 Å². The van der Waals surface area contributed by atoms with E-state index in [1.54, 1.807) is 18.2 Å². The number of nitrogens with one attached hydrogen (secondary N) is 1. The number of nitrogens with two attached hydrogens (primary N) is 2. The molecule has 0 saturated heterocycles. The molecule has 2 aromatic rings. The van der Waals surface area contributed by atoms with E-state index in [4.69, 9.17) is 23.1 Å². The third-order valence-electron chi connectivity index (χ3n) is 3.19. The third kappa shape index (κ3) is 4.21. The van der Waals surface area contributed by atoms with E-state index in [1.807, 2.05) is 12.1 Å². The molecule has 0 aliphatic heterocycles. The molecule has 0 unspecified atom stereocenters. The van der Waals surface area contributed by atoms with Crippen molar-refractivity contribution in [3.63, 3.8) is 0 Å². The molecule has 0 heterocycles. The fourth-order valence-electron chi connectivity index (χ4n) is 2.07. The summed E-state index contributed by atoms with van der Waals surface area (Å²) in [6.45, 7) is 1.23. The summed E-state index contributed by atoms with van der Waals surface area (Å²) in [7, 11) is 0. The summed E-state index contributed by atoms with van der Waals surface area (Å²) in [4.78, 5) is 11.4. The molecule has 21 heavy (non-hydrogen) atoms. The third-order valence-corrected chi connectivity index (χ3v) is 3.42. The van der Waals surface area contributed by atoms with Crippen molar-refractivity contribution in [2.24, 2.45) is 11.5 Å². The molecule has 2 rings (SSSR count). The van der Waals surface area contributed by atoms with Crippen LogP contribution in [0.4, 0.5) is 5.69 Å². The largest absolute Gasteiger partial charge is 0.380 e. The molecule has 0 aliphatic rings. The van der Waals surface area contributed by atoms with Crippen molar-refractivity contribution in [3.05, 3.63) is 64.2 Å². The van der Waals surface area contributed by atoms with Crippen LogP contribution >= 0.6 is 11.6 Å². The highest BCUT2D eigenvalue weighted by Crippen LogP contribution is 2.21. The molecule has 0 fully saturated rings. The highest BCUT2D eigenvalue weighted by Gasteiger charge is 2.08. The second-order valence-corrected chi connectivity index (χ2v) is 5.20. The normalized spacial score (nSPS) is 10.4. The molecule has 0 radical (unpaired) electrons. The van der Waals surface area contributed by atoms with Gasteiger partial charge in [-0.25, -0.2) is 0 Å². The van der Waals surface area contributed by atoms with E-state index >= 15 is 0 Å². The molecule has 0 saturated carbocycles. The molecule has 0 aliphatic carbocycles. The standard InChI is InChI=1S/C16H18ClN3O/c17-13-5-6-14(16(19)21)15(9-13)20-10-12-3-1-11(2-4-12)7-8-18/h1-6,9,20H,7-8,10,18H2,(H2,19,21). The predicted octanol–water partition coefficient (Wildman–Crippen LogP) is 2.55. The molecule has 5 heteroatoms. The van der Waals surface area contributed by atoms with Crippen molar-refractivity contribution in [2.45, 2.75) is 13.0 Å². The number of rotatable bonds is 6. The van der Waals surface area contributed by atoms with E-state index in [-0.39, 0.29) is 0 Å². The average molecular weight is 304 g/mol. The number of benzene rings is 2. The van der Waals surface area contributed by atoms with Crippen molar-refractivity contribution < 1.29 is 4.79 Å². The summed E-state index contributed by atoms with van der Waals surface area (Å²) in [6, 6.07) is 13.1. The molecular formula is C16H18ClN3O. The highest BCUT2D eigenvalue weighted by molar-refractivity contribution is 6.31. The summed E-state index contributed by atoms with van der Waals surface area (Å²) in [5, 5.41) is 3.75. The lowest BCUT2D eigenvalue weighted by molar-refractivity contribution is 0.100. The van der Waals surface area contributed by atoms with Gasteiger partial charge in [-0.05, 0) is 42.3 Å². The van der Waals surface area contributed by atoms with Crippen LogP contribution in [-0.2, 0) is 13.0 Å². The lowest BCUT2D eigenvalue weighted by Crippen LogP contribution is -2.14. The monoisotopic (exact) mass is 303 g/mol. The van der Waals surface area contributed by atoms with Crippen LogP contribution in [0.3, 0.4) is 0 Å². The molecule has 0 spiro atoms. The zero-order valence-electron chi connectivity index (χ0n) is 11.6. The molecule has 0 atom stereocenters. The van der Waals surface area contributed by atoms with Crippen LogP contribution in [0, 0.1) is 0 Å². The molecule has 1 amide bonds. The Balaban J connectivity index is 2.08. The van der Waals surface area contributed by atoms with Crippen LogP contribution in [0.2, 0.25) is 5.02 Å². The van der Waals surface area contributed by atoms with Crippen LogP contribution < -0.4 is 16.8 Å². The van der Waals surface area contributed by atoms with Crippen molar-refractivity contribution >= 4 is 23.2 Å². The summed E-state index contributed by atoms with van der Waals surface area (Å²) in [6.07, 6.45) is 0.869. The smallest absolute Gasteiger partial charge is 0.250 e. The SMILES string of the molecule is NCCc1ccc(CNc2cc(Cl)ccc2C(N)=O)cc1. The number of anilines is 1. The first kappa shape index (κ1) is 15.4. The Bertz CT molecular complexity index is 626. The summed E-state index contributed by atoms with van der Waals surface area (Å²) in [5.74, 6) is -0.479. The van der Waals surface area contributed by atoms with Crippen molar-refractivity contribution in [3.8, 4) is 0 Å². The van der Waals surface area contributed by atoms with Crippen molar-refractivity contribution in [1.29, 1.82) is 0 Å². The number of carbonyl (C=O) groups excluding carboxylic acids is 1. The first-order valence-electron chi connectivity index (χ1n) is 6.71. The van der Waals surface area contributed by atoms with Gasteiger partial charge in [0.15, 0.2) is 0 Å². The minimum atomic E-state index is -0.479. The topological polar surface area (TPSA) is 81.1 Å². The Hall–Kier alpha value is -2.04. The quantitative estimate of drug-likeness (QED) is 0.767. The van der Waals surface area contributed by atoms with Gasteiger partial charge in [0, 0.05) is 17.3 Å². The molecule has 110 valence electrons. The number of halogens is 1. The van der Waals surface area contributed by atoms with Crippen molar-refractivity contribution in [2.75, 3.05) is 11.9 Å². The van der Waals surface area contributed by atoms with Crippen LogP contribution in [-0.4, -0.2) is 12.5 Å². The zero-order chi connectivity index (χ0) is 15.2. The van der Waals surface area contributed by atoms with E-state index in [0.29, 0.717) is 29.4 Å². The molecular weight excluding hydrogens is 286 g/mol. The van der Waals surface area contributed by atoms with Crippen LogP contribution in [0.1, 0.15) is 21.5 Å². The Kier molecular flexibility index (Phi) is 5.20. The number of hydrogen-bond acceptors (Lipinski definition) is 3. The van der Waals surface area contributed by atoms with Gasteiger partial charge in [-0.15, -0.1) is 0 Å². The Morgan fingerprint density at radius 1 is 1.10 bits per heavy atom. The Morgan fingerprint density at radius 2 is 1.76 bits per heavy atom. The van der Waals surface area contributed by atoms with E-state index < -0.39 is 5.91 Å². The fourth-order valence-corrected chi connectivity index (χ4v) is 2.24. The van der Waals surface area contributed by atoms with Gasteiger partial charge < -0.3 is 16.8 Å². The Morgan fingerprint density at radius 3 is 2.38 bits per heavy atom. The molecule has 2 aromatic carbocycles. The maximum Gasteiger partial charge on any atom is 0.250 e. The fraction of sp³-hybridized carbons (Fsp3) is 0.188. The van der Waals surface area contributed by atoms with Gasteiger partial charge >= 0.3 is 0 Å². The van der Waals surface area contributed by atoms with E-state index in [0.717, 1.165) is 12.0 Å². The Labute approximate surface area is 129 Å². The lowest BCUT2D eigenvalue weighted by atomic mass is 10.1. The second-order valence-electron chi connectivity index (χ2n) is 4.76. The first-order valence-corrected chi connectivity index (χ1v) is 7.09. The first-order chi connectivity index (χ1) is 10.1. The minimum absolute atomic E-state index is 0.430.